The molecular formula is C34H26Br2N4NiO2S2. The molecule has 2 aromatic heterocycles. The Kier molecular flexibility index (Phi) is 12.4. The number of benzene rings is 4. The predicted octanol–water partition coefficient (Wildman–Crippen LogP) is 10.7. The summed E-state index contributed by atoms with van der Waals surface area (Å²) in [6.07, 6.45) is 3.32. The minimum Gasteiger partial charge on any atom is -0.507 e. The van der Waals surface area contributed by atoms with E-state index in [1.54, 1.807) is 24.6 Å². The van der Waals surface area contributed by atoms with Gasteiger partial charge in [-0.3, -0.25) is 0 Å². The standard InChI is InChI=1S/2C17H13BrN2OS.Ni/c2*1-11-3-2-4-16(21)14(11)9-19-17-20-15(10-22-17)12-5-7-13(18)8-6-12;/h2*2-10,21H,1H3;/b2*19-9+;. The fourth-order valence-corrected chi connectivity index (χ4v) is 5.93. The number of aromatic nitrogens is 2. The van der Waals surface area contributed by atoms with E-state index in [-0.39, 0.29) is 28.0 Å². The van der Waals surface area contributed by atoms with Gasteiger partial charge < -0.3 is 10.2 Å². The van der Waals surface area contributed by atoms with Crippen LogP contribution in [-0.4, -0.2) is 32.6 Å². The van der Waals surface area contributed by atoms with Gasteiger partial charge in [0.05, 0.1) is 11.4 Å². The molecule has 2 N–H and O–H groups in total. The van der Waals surface area contributed by atoms with Gasteiger partial charge in [-0.15, -0.1) is 22.7 Å². The molecule has 2 heterocycles. The largest absolute Gasteiger partial charge is 0.507 e. The molecule has 0 amide bonds. The van der Waals surface area contributed by atoms with E-state index in [0.717, 1.165) is 53.7 Å². The number of aromatic hydroxyl groups is 2. The molecular weight excluding hydrogens is 779 g/mol. The summed E-state index contributed by atoms with van der Waals surface area (Å²) in [6, 6.07) is 26.8. The van der Waals surface area contributed by atoms with Crippen LogP contribution < -0.4 is 0 Å². The maximum absolute atomic E-state index is 9.87. The van der Waals surface area contributed by atoms with Gasteiger partial charge in [-0.1, -0.05) is 80.4 Å². The van der Waals surface area contributed by atoms with Crippen LogP contribution in [0.5, 0.6) is 11.5 Å². The van der Waals surface area contributed by atoms with E-state index in [2.05, 4.69) is 51.8 Å². The molecule has 230 valence electrons. The molecule has 0 saturated carbocycles. The Morgan fingerprint density at radius 1 is 0.600 bits per heavy atom. The molecule has 6 rings (SSSR count). The third-order valence-corrected chi connectivity index (χ3v) is 9.03. The van der Waals surface area contributed by atoms with Gasteiger partial charge in [-0.25, -0.2) is 20.0 Å². The van der Waals surface area contributed by atoms with Crippen molar-refractivity contribution < 1.29 is 26.7 Å². The summed E-state index contributed by atoms with van der Waals surface area (Å²) in [4.78, 5) is 17.8. The van der Waals surface area contributed by atoms with Gasteiger partial charge >= 0.3 is 0 Å². The van der Waals surface area contributed by atoms with E-state index in [1.165, 1.54) is 22.7 Å². The predicted molar refractivity (Wildman–Crippen MR) is 191 cm³/mol. The van der Waals surface area contributed by atoms with E-state index < -0.39 is 0 Å². The number of phenolic OH excluding ortho intramolecular Hbond substituents is 2. The zero-order chi connectivity index (χ0) is 31.1. The molecule has 0 unspecified atom stereocenters. The molecule has 0 aliphatic rings. The molecule has 4 aromatic carbocycles. The first kappa shape index (κ1) is 34.4. The summed E-state index contributed by atoms with van der Waals surface area (Å²) >= 11 is 9.80. The van der Waals surface area contributed by atoms with Gasteiger partial charge in [-0.2, -0.15) is 0 Å². The second-order valence-electron chi connectivity index (χ2n) is 9.58. The zero-order valence-corrected chi connectivity index (χ0v) is 29.8. The van der Waals surface area contributed by atoms with E-state index in [4.69, 9.17) is 0 Å². The summed E-state index contributed by atoms with van der Waals surface area (Å²) in [7, 11) is 0. The van der Waals surface area contributed by atoms with Gasteiger partial charge in [0.1, 0.15) is 11.5 Å². The van der Waals surface area contributed by atoms with Crippen LogP contribution in [-0.2, 0) is 16.5 Å². The van der Waals surface area contributed by atoms with Crippen LogP contribution in [0.4, 0.5) is 10.3 Å². The minimum atomic E-state index is 0. The number of aliphatic imine (C=N–C) groups is 2. The fraction of sp³-hybridized carbons (Fsp3) is 0.0588. The van der Waals surface area contributed by atoms with E-state index in [0.29, 0.717) is 10.3 Å². The van der Waals surface area contributed by atoms with Gasteiger partial charge in [0.15, 0.2) is 0 Å². The van der Waals surface area contributed by atoms with Crippen molar-refractivity contribution in [2.45, 2.75) is 13.8 Å². The smallest absolute Gasteiger partial charge is 0.209 e. The summed E-state index contributed by atoms with van der Waals surface area (Å²) in [6.45, 7) is 3.88. The third-order valence-electron chi connectivity index (χ3n) is 6.47. The molecule has 0 saturated heterocycles. The number of aryl methyl sites for hydroxylation is 2. The number of nitrogens with zero attached hydrogens (tertiary/aromatic N) is 4. The SMILES string of the molecule is Cc1cccc(O)c1/C=N/c1nc(-c2ccc(Br)cc2)cs1.Cc1cccc(O)c1/C=N/c1nc(-c2ccc(Br)cc2)cs1.[Ni]. The Balaban J connectivity index is 0.000000200. The minimum absolute atomic E-state index is 0. The summed E-state index contributed by atoms with van der Waals surface area (Å²) in [5, 5.41) is 25.0. The summed E-state index contributed by atoms with van der Waals surface area (Å²) in [5.41, 5.74) is 7.32. The van der Waals surface area contributed by atoms with Crippen LogP contribution in [0.2, 0.25) is 0 Å². The molecule has 45 heavy (non-hydrogen) atoms. The van der Waals surface area contributed by atoms with Crippen LogP contribution in [0.1, 0.15) is 22.3 Å². The Bertz CT molecular complexity index is 1760. The van der Waals surface area contributed by atoms with E-state index in [1.807, 2.05) is 97.4 Å². The molecule has 6 aromatic rings. The van der Waals surface area contributed by atoms with Gasteiger partial charge in [0, 0.05) is 70.9 Å². The van der Waals surface area contributed by atoms with Gasteiger partial charge in [-0.05, 0) is 61.4 Å². The third kappa shape index (κ3) is 9.28. The average molecular weight is 805 g/mol. The molecule has 0 spiro atoms. The summed E-state index contributed by atoms with van der Waals surface area (Å²) in [5.74, 6) is 0.460. The van der Waals surface area contributed by atoms with E-state index in [9.17, 15) is 10.2 Å². The first-order valence-electron chi connectivity index (χ1n) is 13.3. The molecule has 0 radical (unpaired) electrons. The first-order valence-corrected chi connectivity index (χ1v) is 16.7. The molecule has 0 aliphatic carbocycles. The molecule has 6 nitrogen and oxygen atoms in total. The van der Waals surface area contributed by atoms with Crippen LogP contribution in [0.3, 0.4) is 0 Å². The van der Waals surface area contributed by atoms with Crippen LogP contribution in [0, 0.1) is 13.8 Å². The van der Waals surface area contributed by atoms with Crippen molar-refractivity contribution in [1.82, 2.24) is 9.97 Å². The Morgan fingerprint density at radius 3 is 1.33 bits per heavy atom. The molecule has 0 aliphatic heterocycles. The quantitative estimate of drug-likeness (QED) is 0.130. The average Bonchev–Trinajstić information content (AvgIpc) is 3.68. The maximum atomic E-state index is 9.87. The van der Waals surface area contributed by atoms with Crippen LogP contribution in [0.15, 0.2) is 115 Å². The molecule has 0 bridgehead atoms. The van der Waals surface area contributed by atoms with Crippen LogP contribution in [0.25, 0.3) is 22.5 Å². The number of phenols is 2. The number of hydrogen-bond acceptors (Lipinski definition) is 8. The normalized spacial score (nSPS) is 10.9. The summed E-state index contributed by atoms with van der Waals surface area (Å²) < 4.78 is 2.08. The second-order valence-corrected chi connectivity index (χ2v) is 13.1. The zero-order valence-electron chi connectivity index (χ0n) is 24.0. The van der Waals surface area contributed by atoms with Crippen molar-refractivity contribution in [3.05, 3.63) is 127 Å². The van der Waals surface area contributed by atoms with Crippen molar-refractivity contribution in [3.8, 4) is 34.0 Å². The maximum Gasteiger partial charge on any atom is 0.209 e. The Labute approximate surface area is 296 Å². The van der Waals surface area contributed by atoms with Crippen molar-refractivity contribution >= 4 is 77.2 Å². The monoisotopic (exact) mass is 802 g/mol. The topological polar surface area (TPSA) is 91.0 Å². The fourth-order valence-electron chi connectivity index (χ4n) is 4.06. The van der Waals surface area contributed by atoms with Crippen molar-refractivity contribution in [2.75, 3.05) is 0 Å². The first-order chi connectivity index (χ1) is 21.3. The molecule has 0 fully saturated rings. The molecule has 11 heteroatoms. The number of thiazole rings is 2. The van der Waals surface area contributed by atoms with Gasteiger partial charge in [0.2, 0.25) is 10.3 Å². The van der Waals surface area contributed by atoms with Crippen molar-refractivity contribution in [3.63, 3.8) is 0 Å². The van der Waals surface area contributed by atoms with E-state index >= 15 is 0 Å². The van der Waals surface area contributed by atoms with Crippen LogP contribution >= 0.6 is 54.5 Å². The number of rotatable bonds is 6. The number of hydrogen-bond donors (Lipinski definition) is 2. The second kappa shape index (κ2) is 16.2. The van der Waals surface area contributed by atoms with Crippen molar-refractivity contribution in [2.24, 2.45) is 9.98 Å². The molecule has 0 atom stereocenters. The van der Waals surface area contributed by atoms with Crippen molar-refractivity contribution in [1.29, 1.82) is 0 Å². The number of halogens is 2. The Hall–Kier alpha value is -3.47. The van der Waals surface area contributed by atoms with Gasteiger partial charge in [0.25, 0.3) is 0 Å². The Morgan fingerprint density at radius 2 is 0.978 bits per heavy atom.